The first kappa shape index (κ1) is 23.7. The second-order valence-electron chi connectivity index (χ2n) is 7.06. The number of morpholine rings is 1. The first-order valence-electron chi connectivity index (χ1n) is 10.1. The van der Waals surface area contributed by atoms with E-state index in [0.717, 1.165) is 5.56 Å². The maximum atomic E-state index is 12.7. The number of amides is 1. The summed E-state index contributed by atoms with van der Waals surface area (Å²) < 4.78 is 42.4. The first-order valence-corrected chi connectivity index (χ1v) is 11.6. The van der Waals surface area contributed by atoms with Crippen molar-refractivity contribution in [2.75, 3.05) is 40.5 Å². The number of sulfonamides is 1. The molecule has 1 aliphatic rings. The monoisotopic (exact) mass is 461 g/mol. The topological polar surface area (TPSA) is 107 Å². The van der Waals surface area contributed by atoms with Crippen LogP contribution in [0.2, 0.25) is 0 Å². The molecule has 32 heavy (non-hydrogen) atoms. The highest BCUT2D eigenvalue weighted by Gasteiger charge is 2.26. The van der Waals surface area contributed by atoms with Gasteiger partial charge >= 0.3 is 0 Å². The van der Waals surface area contributed by atoms with Gasteiger partial charge in [-0.15, -0.1) is 0 Å². The van der Waals surface area contributed by atoms with E-state index in [9.17, 15) is 13.2 Å². The molecule has 1 heterocycles. The van der Waals surface area contributed by atoms with Gasteiger partial charge in [-0.25, -0.2) is 13.8 Å². The standard InChI is InChI=1S/C22H27N3O6S/c1-29-19-7-6-18(21(15-19)30-2)16-23-24-22(26)10-5-17-3-8-20(9-4-17)32(27,28)25-11-13-31-14-12-25/h3-4,6-9,15-16H,5,10-14H2,1-2H3,(H,24,26)/b23-16+. The molecule has 1 aliphatic heterocycles. The summed E-state index contributed by atoms with van der Waals surface area (Å²) in [6.07, 6.45) is 2.18. The van der Waals surface area contributed by atoms with E-state index in [2.05, 4.69) is 10.5 Å². The van der Waals surface area contributed by atoms with E-state index in [1.807, 2.05) is 0 Å². The van der Waals surface area contributed by atoms with E-state index in [1.165, 1.54) is 10.5 Å². The van der Waals surface area contributed by atoms with Crippen LogP contribution >= 0.6 is 0 Å². The summed E-state index contributed by atoms with van der Waals surface area (Å²) in [5.74, 6) is 0.986. The van der Waals surface area contributed by atoms with Gasteiger partial charge in [0.05, 0.1) is 38.5 Å². The average molecular weight is 462 g/mol. The highest BCUT2D eigenvalue weighted by molar-refractivity contribution is 7.89. The lowest BCUT2D eigenvalue weighted by Crippen LogP contribution is -2.40. The number of rotatable bonds is 9. The van der Waals surface area contributed by atoms with Crippen LogP contribution in [0.5, 0.6) is 11.5 Å². The number of hydrogen-bond acceptors (Lipinski definition) is 7. The second-order valence-corrected chi connectivity index (χ2v) is 9.00. The number of carbonyl (C=O) groups is 1. The fraction of sp³-hybridized carbons (Fsp3) is 0.364. The molecule has 0 aliphatic carbocycles. The van der Waals surface area contributed by atoms with Crippen molar-refractivity contribution in [2.45, 2.75) is 17.7 Å². The zero-order chi connectivity index (χ0) is 23.0. The third kappa shape index (κ3) is 6.06. The molecule has 0 unspecified atom stereocenters. The van der Waals surface area contributed by atoms with E-state index < -0.39 is 10.0 Å². The molecule has 0 saturated carbocycles. The van der Waals surface area contributed by atoms with Crippen LogP contribution in [0, 0.1) is 0 Å². The van der Waals surface area contributed by atoms with Crippen molar-refractivity contribution in [3.05, 3.63) is 53.6 Å². The van der Waals surface area contributed by atoms with Gasteiger partial charge in [0.1, 0.15) is 11.5 Å². The summed E-state index contributed by atoms with van der Waals surface area (Å²) >= 11 is 0. The van der Waals surface area contributed by atoms with Gasteiger partial charge in [0.25, 0.3) is 0 Å². The van der Waals surface area contributed by atoms with Gasteiger partial charge in [0.15, 0.2) is 0 Å². The Morgan fingerprint density at radius 2 is 1.84 bits per heavy atom. The number of carbonyl (C=O) groups excluding carboxylic acids is 1. The van der Waals surface area contributed by atoms with E-state index in [1.54, 1.807) is 56.7 Å². The zero-order valence-electron chi connectivity index (χ0n) is 18.1. The molecule has 0 spiro atoms. The maximum Gasteiger partial charge on any atom is 0.243 e. The molecule has 1 N–H and O–H groups in total. The third-order valence-electron chi connectivity index (χ3n) is 5.01. The van der Waals surface area contributed by atoms with E-state index in [4.69, 9.17) is 14.2 Å². The predicted octanol–water partition coefficient (Wildman–Crippen LogP) is 1.81. The van der Waals surface area contributed by atoms with E-state index >= 15 is 0 Å². The quantitative estimate of drug-likeness (QED) is 0.451. The van der Waals surface area contributed by atoms with Crippen molar-refractivity contribution in [2.24, 2.45) is 5.10 Å². The van der Waals surface area contributed by atoms with Crippen LogP contribution in [0.15, 0.2) is 52.5 Å². The Labute approximate surface area is 188 Å². The van der Waals surface area contributed by atoms with Crippen LogP contribution in [0.1, 0.15) is 17.5 Å². The molecule has 3 rings (SSSR count). The summed E-state index contributed by atoms with van der Waals surface area (Å²) in [5, 5.41) is 3.98. The Bertz CT molecular complexity index is 1050. The SMILES string of the molecule is COc1ccc(/C=N/NC(=O)CCc2ccc(S(=O)(=O)N3CCOCC3)cc2)c(OC)c1. The van der Waals surface area contributed by atoms with Crippen molar-refractivity contribution in [3.63, 3.8) is 0 Å². The first-order chi connectivity index (χ1) is 15.4. The van der Waals surface area contributed by atoms with Crippen LogP contribution < -0.4 is 14.9 Å². The fourth-order valence-corrected chi connectivity index (χ4v) is 4.58. The minimum absolute atomic E-state index is 0.215. The number of aryl methyl sites for hydroxylation is 1. The number of hydrazone groups is 1. The molecule has 9 nitrogen and oxygen atoms in total. The highest BCUT2D eigenvalue weighted by Crippen LogP contribution is 2.23. The molecule has 0 bridgehead atoms. The smallest absolute Gasteiger partial charge is 0.243 e. The van der Waals surface area contributed by atoms with Gasteiger partial charge in [-0.1, -0.05) is 12.1 Å². The Morgan fingerprint density at radius 1 is 1.12 bits per heavy atom. The summed E-state index contributed by atoms with van der Waals surface area (Å²) in [7, 11) is -0.409. The van der Waals surface area contributed by atoms with Crippen LogP contribution in [0.25, 0.3) is 0 Å². The molecule has 1 fully saturated rings. The lowest BCUT2D eigenvalue weighted by atomic mass is 10.1. The predicted molar refractivity (Wildman–Crippen MR) is 120 cm³/mol. The van der Waals surface area contributed by atoms with Crippen molar-refractivity contribution in [1.29, 1.82) is 0 Å². The van der Waals surface area contributed by atoms with Gasteiger partial charge in [0.2, 0.25) is 15.9 Å². The second kappa shape index (κ2) is 11.1. The van der Waals surface area contributed by atoms with Gasteiger partial charge in [-0.3, -0.25) is 4.79 Å². The minimum Gasteiger partial charge on any atom is -0.497 e. The lowest BCUT2D eigenvalue weighted by Gasteiger charge is -2.26. The zero-order valence-corrected chi connectivity index (χ0v) is 18.9. The molecular weight excluding hydrogens is 434 g/mol. The van der Waals surface area contributed by atoms with Gasteiger partial charge in [-0.05, 0) is 36.2 Å². The molecule has 2 aromatic carbocycles. The Hall–Kier alpha value is -2.95. The van der Waals surface area contributed by atoms with Crippen molar-refractivity contribution in [1.82, 2.24) is 9.73 Å². The summed E-state index contributed by atoms with van der Waals surface area (Å²) in [6, 6.07) is 11.9. The van der Waals surface area contributed by atoms with Gasteiger partial charge in [-0.2, -0.15) is 9.41 Å². The molecular formula is C22H27N3O6S. The molecule has 0 atom stereocenters. The fourth-order valence-electron chi connectivity index (χ4n) is 3.18. The van der Waals surface area contributed by atoms with Crippen LogP contribution in [-0.2, 0) is 26.0 Å². The lowest BCUT2D eigenvalue weighted by molar-refractivity contribution is -0.121. The van der Waals surface area contributed by atoms with Crippen molar-refractivity contribution in [3.8, 4) is 11.5 Å². The minimum atomic E-state index is -3.52. The summed E-state index contributed by atoms with van der Waals surface area (Å²) in [6.45, 7) is 1.51. The largest absolute Gasteiger partial charge is 0.497 e. The molecule has 0 radical (unpaired) electrons. The number of nitrogens with one attached hydrogen (secondary N) is 1. The number of benzene rings is 2. The van der Waals surface area contributed by atoms with Crippen LogP contribution in [-0.4, -0.2) is 65.4 Å². The average Bonchev–Trinajstić information content (AvgIpc) is 2.83. The summed E-state index contributed by atoms with van der Waals surface area (Å²) in [5.41, 5.74) is 4.05. The molecule has 1 amide bonds. The van der Waals surface area contributed by atoms with E-state index in [-0.39, 0.29) is 17.2 Å². The van der Waals surface area contributed by atoms with E-state index in [0.29, 0.717) is 49.8 Å². The molecule has 0 aromatic heterocycles. The Kier molecular flexibility index (Phi) is 8.20. The van der Waals surface area contributed by atoms with Gasteiger partial charge < -0.3 is 14.2 Å². The van der Waals surface area contributed by atoms with Crippen LogP contribution in [0.4, 0.5) is 0 Å². The number of methoxy groups -OCH3 is 2. The van der Waals surface area contributed by atoms with Gasteiger partial charge in [0, 0.05) is 31.1 Å². The summed E-state index contributed by atoms with van der Waals surface area (Å²) in [4.78, 5) is 12.3. The highest BCUT2D eigenvalue weighted by atomic mass is 32.2. The van der Waals surface area contributed by atoms with Crippen molar-refractivity contribution < 1.29 is 27.4 Å². The number of ether oxygens (including phenoxy) is 3. The number of hydrogen-bond donors (Lipinski definition) is 1. The molecule has 10 heteroatoms. The normalized spacial score (nSPS) is 14.9. The molecule has 172 valence electrons. The maximum absolute atomic E-state index is 12.7. The third-order valence-corrected chi connectivity index (χ3v) is 6.92. The van der Waals surface area contributed by atoms with Crippen LogP contribution in [0.3, 0.4) is 0 Å². The molecule has 1 saturated heterocycles. The Balaban J connectivity index is 1.51. The Morgan fingerprint density at radius 3 is 2.50 bits per heavy atom. The number of nitrogens with zero attached hydrogens (tertiary/aromatic N) is 2. The van der Waals surface area contributed by atoms with Crippen molar-refractivity contribution >= 4 is 22.1 Å². The molecule has 2 aromatic rings.